The van der Waals surface area contributed by atoms with E-state index in [1.165, 1.54) is 4.88 Å². The van der Waals surface area contributed by atoms with Gasteiger partial charge in [-0.25, -0.2) is 0 Å². The predicted molar refractivity (Wildman–Crippen MR) is 71.7 cm³/mol. The molecular weight excluding hydrogens is 256 g/mol. The second kappa shape index (κ2) is 5.85. The number of amides is 1. The smallest absolute Gasteiger partial charge is 0.223 e. The van der Waals surface area contributed by atoms with E-state index >= 15 is 0 Å². The Hall–Kier alpha value is -0.580. The van der Waals surface area contributed by atoms with Crippen molar-refractivity contribution in [3.63, 3.8) is 0 Å². The molecule has 1 aliphatic rings. The van der Waals surface area contributed by atoms with Crippen LogP contribution in [0.4, 0.5) is 0 Å². The molecule has 1 fully saturated rings. The van der Waals surface area contributed by atoms with Gasteiger partial charge in [0.1, 0.15) is 0 Å². The quantitative estimate of drug-likeness (QED) is 0.915. The van der Waals surface area contributed by atoms with Gasteiger partial charge >= 0.3 is 0 Å². The molecule has 2 heterocycles. The van der Waals surface area contributed by atoms with Crippen molar-refractivity contribution in [2.24, 2.45) is 0 Å². The molecule has 0 bridgehead atoms. The molecule has 5 heteroatoms. The zero-order chi connectivity index (χ0) is 12.3. The van der Waals surface area contributed by atoms with Crippen molar-refractivity contribution in [3.8, 4) is 0 Å². The number of thiophene rings is 1. The average molecular weight is 273 g/mol. The Morgan fingerprint density at radius 1 is 1.65 bits per heavy atom. The van der Waals surface area contributed by atoms with E-state index < -0.39 is 0 Å². The number of hydrogen-bond acceptors (Lipinski definition) is 3. The fourth-order valence-corrected chi connectivity index (χ4v) is 3.16. The van der Waals surface area contributed by atoms with Crippen LogP contribution in [0.2, 0.25) is 4.34 Å². The molecule has 17 heavy (non-hydrogen) atoms. The number of aryl methyl sites for hydroxylation is 1. The largest absolute Gasteiger partial charge is 0.337 e. The lowest BCUT2D eigenvalue weighted by molar-refractivity contribution is -0.133. The zero-order valence-electron chi connectivity index (χ0n) is 9.91. The molecule has 3 nitrogen and oxygen atoms in total. The molecule has 0 aromatic carbocycles. The van der Waals surface area contributed by atoms with Gasteiger partial charge in [0.25, 0.3) is 0 Å². The number of rotatable bonds is 3. The highest BCUT2D eigenvalue weighted by molar-refractivity contribution is 7.16. The summed E-state index contributed by atoms with van der Waals surface area (Å²) in [5.74, 6) is 0.253. The first-order chi connectivity index (χ1) is 8.16. The lowest BCUT2D eigenvalue weighted by atomic mass is 10.1. The van der Waals surface area contributed by atoms with Crippen molar-refractivity contribution in [3.05, 3.63) is 21.3 Å². The van der Waals surface area contributed by atoms with Crippen molar-refractivity contribution in [2.75, 3.05) is 19.6 Å². The maximum absolute atomic E-state index is 12.1. The predicted octanol–water partition coefficient (Wildman–Crippen LogP) is 2.15. The molecule has 1 N–H and O–H groups in total. The van der Waals surface area contributed by atoms with E-state index in [9.17, 15) is 4.79 Å². The number of nitrogens with one attached hydrogen (secondary N) is 1. The highest BCUT2D eigenvalue weighted by Crippen LogP contribution is 2.22. The van der Waals surface area contributed by atoms with Gasteiger partial charge < -0.3 is 10.2 Å². The molecular formula is C12H17ClN2OS. The summed E-state index contributed by atoms with van der Waals surface area (Å²) in [5.41, 5.74) is 0. The summed E-state index contributed by atoms with van der Waals surface area (Å²) in [7, 11) is 0. The summed E-state index contributed by atoms with van der Waals surface area (Å²) in [5, 5.41) is 3.29. The van der Waals surface area contributed by atoms with E-state index in [0.29, 0.717) is 12.5 Å². The minimum atomic E-state index is 0.253. The van der Waals surface area contributed by atoms with Gasteiger partial charge in [-0.3, -0.25) is 4.79 Å². The van der Waals surface area contributed by atoms with Gasteiger partial charge in [0.05, 0.1) is 4.34 Å². The molecule has 0 radical (unpaired) electrons. The molecule has 94 valence electrons. The Labute approximate surface area is 111 Å². The minimum absolute atomic E-state index is 0.253. The second-order valence-electron chi connectivity index (χ2n) is 4.35. The standard InChI is InChI=1S/C12H17ClN2OS/c1-9-8-14-6-7-15(9)12(16)5-3-10-2-4-11(13)17-10/h2,4,9,14H,3,5-8H2,1H3. The zero-order valence-corrected chi connectivity index (χ0v) is 11.5. The van der Waals surface area contributed by atoms with E-state index in [1.807, 2.05) is 17.0 Å². The molecule has 1 aromatic heterocycles. The van der Waals surface area contributed by atoms with Gasteiger partial charge in [-0.05, 0) is 25.5 Å². The van der Waals surface area contributed by atoms with Crippen LogP contribution in [0.1, 0.15) is 18.2 Å². The van der Waals surface area contributed by atoms with E-state index in [1.54, 1.807) is 11.3 Å². The van der Waals surface area contributed by atoms with Crippen LogP contribution >= 0.6 is 22.9 Å². The van der Waals surface area contributed by atoms with E-state index in [4.69, 9.17) is 11.6 Å². The lowest BCUT2D eigenvalue weighted by Crippen LogP contribution is -2.52. The van der Waals surface area contributed by atoms with E-state index in [0.717, 1.165) is 30.4 Å². The summed E-state index contributed by atoms with van der Waals surface area (Å²) in [6.45, 7) is 4.72. The number of carbonyl (C=O) groups excluding carboxylic acids is 1. The van der Waals surface area contributed by atoms with Crippen LogP contribution in [-0.4, -0.2) is 36.5 Å². The normalized spacial score (nSPS) is 20.6. The van der Waals surface area contributed by atoms with Crippen molar-refractivity contribution < 1.29 is 4.79 Å². The molecule has 1 aromatic rings. The average Bonchev–Trinajstić information content (AvgIpc) is 2.73. The summed E-state index contributed by atoms with van der Waals surface area (Å²) >= 11 is 7.42. The van der Waals surface area contributed by atoms with Crippen LogP contribution in [-0.2, 0) is 11.2 Å². The molecule has 1 saturated heterocycles. The van der Waals surface area contributed by atoms with Gasteiger partial charge in [0.15, 0.2) is 0 Å². The maximum Gasteiger partial charge on any atom is 0.223 e. The Morgan fingerprint density at radius 2 is 2.47 bits per heavy atom. The number of hydrogen-bond donors (Lipinski definition) is 1. The monoisotopic (exact) mass is 272 g/mol. The van der Waals surface area contributed by atoms with Crippen LogP contribution in [0.25, 0.3) is 0 Å². The van der Waals surface area contributed by atoms with Gasteiger partial charge in [-0.2, -0.15) is 0 Å². The van der Waals surface area contributed by atoms with Crippen LogP contribution in [0.5, 0.6) is 0 Å². The lowest BCUT2D eigenvalue weighted by Gasteiger charge is -2.34. The van der Waals surface area contributed by atoms with Crippen LogP contribution < -0.4 is 5.32 Å². The molecule has 1 atom stereocenters. The van der Waals surface area contributed by atoms with Crippen molar-refractivity contribution in [1.82, 2.24) is 10.2 Å². The van der Waals surface area contributed by atoms with Crippen molar-refractivity contribution >= 4 is 28.8 Å². The first kappa shape index (κ1) is 12.9. The third kappa shape index (κ3) is 3.44. The fraction of sp³-hybridized carbons (Fsp3) is 0.583. The number of halogens is 1. The highest BCUT2D eigenvalue weighted by Gasteiger charge is 2.22. The van der Waals surface area contributed by atoms with Crippen LogP contribution in [0, 0.1) is 0 Å². The van der Waals surface area contributed by atoms with Crippen molar-refractivity contribution in [1.29, 1.82) is 0 Å². The van der Waals surface area contributed by atoms with Gasteiger partial charge in [-0.1, -0.05) is 11.6 Å². The molecule has 0 spiro atoms. The molecule has 1 unspecified atom stereocenters. The summed E-state index contributed by atoms with van der Waals surface area (Å²) < 4.78 is 0.794. The Morgan fingerprint density at radius 3 is 3.12 bits per heavy atom. The van der Waals surface area contributed by atoms with Gasteiger partial charge in [0, 0.05) is 37.0 Å². The third-order valence-corrected chi connectivity index (χ3v) is 4.33. The number of carbonyl (C=O) groups is 1. The molecule has 0 saturated carbocycles. The topological polar surface area (TPSA) is 32.3 Å². The summed E-state index contributed by atoms with van der Waals surface area (Å²) in [6.07, 6.45) is 1.38. The van der Waals surface area contributed by atoms with E-state index in [-0.39, 0.29) is 5.91 Å². The third-order valence-electron chi connectivity index (χ3n) is 3.04. The number of nitrogens with zero attached hydrogens (tertiary/aromatic N) is 1. The van der Waals surface area contributed by atoms with E-state index in [2.05, 4.69) is 12.2 Å². The summed E-state index contributed by atoms with van der Waals surface area (Å²) in [6, 6.07) is 4.20. The highest BCUT2D eigenvalue weighted by atomic mass is 35.5. The fourth-order valence-electron chi connectivity index (χ4n) is 2.07. The second-order valence-corrected chi connectivity index (χ2v) is 6.15. The molecule has 1 amide bonds. The maximum atomic E-state index is 12.1. The first-order valence-corrected chi connectivity index (χ1v) is 7.10. The van der Waals surface area contributed by atoms with Crippen molar-refractivity contribution in [2.45, 2.75) is 25.8 Å². The van der Waals surface area contributed by atoms with Gasteiger partial charge in [0.2, 0.25) is 5.91 Å². The molecule has 1 aliphatic heterocycles. The molecule has 0 aliphatic carbocycles. The van der Waals surface area contributed by atoms with Gasteiger partial charge in [-0.15, -0.1) is 11.3 Å². The first-order valence-electron chi connectivity index (χ1n) is 5.91. The Kier molecular flexibility index (Phi) is 4.42. The molecule has 2 rings (SSSR count). The Balaban J connectivity index is 1.84. The minimum Gasteiger partial charge on any atom is -0.337 e. The summed E-state index contributed by atoms with van der Waals surface area (Å²) in [4.78, 5) is 15.2. The SMILES string of the molecule is CC1CNCCN1C(=O)CCc1ccc(Cl)s1. The number of piperazine rings is 1. The van der Waals surface area contributed by atoms with Crippen LogP contribution in [0.3, 0.4) is 0 Å². The van der Waals surface area contributed by atoms with Crippen LogP contribution in [0.15, 0.2) is 12.1 Å². The Bertz CT molecular complexity index is 394.